The summed E-state index contributed by atoms with van der Waals surface area (Å²) in [5.41, 5.74) is 1.73. The molecule has 22 heavy (non-hydrogen) atoms. The lowest BCUT2D eigenvalue weighted by molar-refractivity contribution is -0.121. The number of carbonyl (C=O) groups is 2. The first-order valence-electron chi connectivity index (χ1n) is 7.41. The second-order valence-electron chi connectivity index (χ2n) is 5.10. The van der Waals surface area contributed by atoms with Crippen LogP contribution in [0.1, 0.15) is 40.3 Å². The maximum Gasteiger partial charge on any atom is 0.220 e. The number of nitrogens with zero attached hydrogens (tertiary/aromatic N) is 1. The van der Waals surface area contributed by atoms with E-state index >= 15 is 0 Å². The van der Waals surface area contributed by atoms with Gasteiger partial charge >= 0.3 is 0 Å². The van der Waals surface area contributed by atoms with Gasteiger partial charge in [-0.15, -0.1) is 11.3 Å². The van der Waals surface area contributed by atoms with Gasteiger partial charge in [0.25, 0.3) is 0 Å². The lowest BCUT2D eigenvalue weighted by atomic mass is 10.1. The summed E-state index contributed by atoms with van der Waals surface area (Å²) in [6.45, 7) is 2.56. The van der Waals surface area contributed by atoms with Crippen molar-refractivity contribution in [1.29, 1.82) is 0 Å². The maximum atomic E-state index is 11.9. The second kappa shape index (κ2) is 8.44. The van der Waals surface area contributed by atoms with Crippen LogP contribution in [-0.2, 0) is 11.2 Å². The Labute approximate surface area is 134 Å². The number of Topliss-reactive ketones (excluding diaryl/α,β-unsaturated/α-hetero) is 1. The Kier molecular flexibility index (Phi) is 6.27. The van der Waals surface area contributed by atoms with Crippen molar-refractivity contribution < 1.29 is 9.59 Å². The molecule has 1 aromatic carbocycles. The Hall–Kier alpha value is -2.01. The molecule has 1 N–H and O–H groups in total. The van der Waals surface area contributed by atoms with Crippen molar-refractivity contribution >= 4 is 23.0 Å². The number of amides is 1. The van der Waals surface area contributed by atoms with Gasteiger partial charge < -0.3 is 5.32 Å². The van der Waals surface area contributed by atoms with Crippen molar-refractivity contribution in [2.45, 2.75) is 32.6 Å². The van der Waals surface area contributed by atoms with Crippen molar-refractivity contribution in [3.63, 3.8) is 0 Å². The van der Waals surface area contributed by atoms with E-state index in [0.717, 1.165) is 17.1 Å². The second-order valence-corrected chi connectivity index (χ2v) is 6.16. The number of nitrogens with one attached hydrogen (secondary N) is 1. The standard InChI is InChI=1S/C17H20N2O2S/c1-13-19-15(12-22-13)10-11-18-17(21)9-5-8-16(20)14-6-3-2-4-7-14/h2-4,6-7,12H,5,8-11H2,1H3,(H,18,21). The number of rotatable bonds is 8. The number of hydrogen-bond donors (Lipinski definition) is 1. The van der Waals surface area contributed by atoms with Crippen LogP contribution in [0.4, 0.5) is 0 Å². The first kappa shape index (κ1) is 16.4. The fourth-order valence-corrected chi connectivity index (χ4v) is 2.77. The van der Waals surface area contributed by atoms with Gasteiger partial charge in [-0.05, 0) is 13.3 Å². The predicted octanol–water partition coefficient (Wildman–Crippen LogP) is 3.16. The van der Waals surface area contributed by atoms with Crippen LogP contribution in [0.2, 0.25) is 0 Å². The van der Waals surface area contributed by atoms with Gasteiger partial charge in [-0.1, -0.05) is 30.3 Å². The van der Waals surface area contributed by atoms with Gasteiger partial charge in [-0.3, -0.25) is 9.59 Å². The van der Waals surface area contributed by atoms with E-state index < -0.39 is 0 Å². The molecular weight excluding hydrogens is 296 g/mol. The Morgan fingerprint density at radius 2 is 1.95 bits per heavy atom. The van der Waals surface area contributed by atoms with Gasteiger partial charge in [0.05, 0.1) is 10.7 Å². The van der Waals surface area contributed by atoms with Crippen LogP contribution in [0.5, 0.6) is 0 Å². The lowest BCUT2D eigenvalue weighted by Gasteiger charge is -2.04. The van der Waals surface area contributed by atoms with Crippen molar-refractivity contribution in [3.05, 3.63) is 52.0 Å². The van der Waals surface area contributed by atoms with Crippen LogP contribution < -0.4 is 5.32 Å². The minimum absolute atomic E-state index is 0.00665. The third kappa shape index (κ3) is 5.41. The van der Waals surface area contributed by atoms with E-state index in [9.17, 15) is 9.59 Å². The number of aromatic nitrogens is 1. The number of thiazole rings is 1. The van der Waals surface area contributed by atoms with Crippen molar-refractivity contribution in [2.24, 2.45) is 0 Å². The summed E-state index contributed by atoms with van der Waals surface area (Å²) < 4.78 is 0. The highest BCUT2D eigenvalue weighted by Gasteiger charge is 2.07. The van der Waals surface area contributed by atoms with Crippen LogP contribution in [0.25, 0.3) is 0 Å². The molecule has 1 aromatic heterocycles. The van der Waals surface area contributed by atoms with E-state index in [4.69, 9.17) is 0 Å². The Bertz CT molecular complexity index is 623. The first-order valence-corrected chi connectivity index (χ1v) is 8.29. The van der Waals surface area contributed by atoms with Crippen molar-refractivity contribution in [3.8, 4) is 0 Å². The molecule has 0 unspecified atom stereocenters. The van der Waals surface area contributed by atoms with Crippen LogP contribution >= 0.6 is 11.3 Å². The highest BCUT2D eigenvalue weighted by molar-refractivity contribution is 7.09. The lowest BCUT2D eigenvalue weighted by Crippen LogP contribution is -2.25. The van der Waals surface area contributed by atoms with Crippen LogP contribution in [0, 0.1) is 6.92 Å². The summed E-state index contributed by atoms with van der Waals surface area (Å²) in [6.07, 6.45) is 2.12. The molecule has 0 aliphatic rings. The number of ketones is 1. The minimum Gasteiger partial charge on any atom is -0.356 e. The Morgan fingerprint density at radius 1 is 1.18 bits per heavy atom. The molecule has 0 aliphatic carbocycles. The molecule has 1 heterocycles. The van der Waals surface area contributed by atoms with E-state index in [1.54, 1.807) is 23.5 Å². The minimum atomic E-state index is -0.00665. The highest BCUT2D eigenvalue weighted by atomic mass is 32.1. The summed E-state index contributed by atoms with van der Waals surface area (Å²) in [6, 6.07) is 9.19. The van der Waals surface area contributed by atoms with Crippen molar-refractivity contribution in [2.75, 3.05) is 6.54 Å². The summed E-state index contributed by atoms with van der Waals surface area (Å²) in [5.74, 6) is 0.0826. The number of carbonyl (C=O) groups excluding carboxylic acids is 2. The molecule has 0 atom stereocenters. The van der Waals surface area contributed by atoms with E-state index in [2.05, 4.69) is 10.3 Å². The molecule has 5 heteroatoms. The fraction of sp³-hybridized carbons (Fsp3) is 0.353. The number of aryl methyl sites for hydroxylation is 1. The smallest absolute Gasteiger partial charge is 0.220 e. The van der Waals surface area contributed by atoms with Crippen LogP contribution in [0.15, 0.2) is 35.7 Å². The topological polar surface area (TPSA) is 59.1 Å². The van der Waals surface area contributed by atoms with Crippen LogP contribution in [0.3, 0.4) is 0 Å². The highest BCUT2D eigenvalue weighted by Crippen LogP contribution is 2.08. The summed E-state index contributed by atoms with van der Waals surface area (Å²) in [4.78, 5) is 28.0. The average molecular weight is 316 g/mol. The Morgan fingerprint density at radius 3 is 2.64 bits per heavy atom. The third-order valence-electron chi connectivity index (χ3n) is 3.27. The molecule has 0 saturated heterocycles. The van der Waals surface area contributed by atoms with Gasteiger partial charge in [0.15, 0.2) is 5.78 Å². The quantitative estimate of drug-likeness (QED) is 0.761. The molecule has 2 aromatic rings. The molecule has 116 valence electrons. The molecule has 4 nitrogen and oxygen atoms in total. The molecule has 0 bridgehead atoms. The van der Waals surface area contributed by atoms with Gasteiger partial charge in [0.1, 0.15) is 0 Å². The monoisotopic (exact) mass is 316 g/mol. The zero-order valence-electron chi connectivity index (χ0n) is 12.7. The summed E-state index contributed by atoms with van der Waals surface area (Å²) >= 11 is 1.62. The average Bonchev–Trinajstić information content (AvgIpc) is 2.93. The summed E-state index contributed by atoms with van der Waals surface area (Å²) in [7, 11) is 0. The molecular formula is C17H20N2O2S. The zero-order valence-corrected chi connectivity index (χ0v) is 13.5. The van der Waals surface area contributed by atoms with Gasteiger partial charge in [-0.25, -0.2) is 4.98 Å². The first-order chi connectivity index (χ1) is 10.6. The zero-order chi connectivity index (χ0) is 15.8. The molecule has 1 amide bonds. The molecule has 0 spiro atoms. The molecule has 0 saturated carbocycles. The fourth-order valence-electron chi connectivity index (χ4n) is 2.12. The molecule has 2 rings (SSSR count). The summed E-state index contributed by atoms with van der Waals surface area (Å²) in [5, 5.41) is 5.92. The van der Waals surface area contributed by atoms with Crippen molar-refractivity contribution in [1.82, 2.24) is 10.3 Å². The largest absolute Gasteiger partial charge is 0.356 e. The maximum absolute atomic E-state index is 11.9. The van der Waals surface area contributed by atoms with Gasteiger partial charge in [0, 0.05) is 36.8 Å². The number of benzene rings is 1. The van der Waals surface area contributed by atoms with Crippen LogP contribution in [-0.4, -0.2) is 23.2 Å². The molecule has 0 fully saturated rings. The van der Waals surface area contributed by atoms with Gasteiger partial charge in [-0.2, -0.15) is 0 Å². The normalized spacial score (nSPS) is 10.4. The SMILES string of the molecule is Cc1nc(CCNC(=O)CCCC(=O)c2ccccc2)cs1. The van der Waals surface area contributed by atoms with E-state index in [0.29, 0.717) is 31.4 Å². The Balaban J connectivity index is 1.60. The van der Waals surface area contributed by atoms with E-state index in [-0.39, 0.29) is 11.7 Å². The molecule has 0 aliphatic heterocycles. The molecule has 0 radical (unpaired) electrons. The van der Waals surface area contributed by atoms with E-state index in [1.165, 1.54) is 0 Å². The van der Waals surface area contributed by atoms with E-state index in [1.807, 2.05) is 30.5 Å². The predicted molar refractivity (Wildman–Crippen MR) is 88.2 cm³/mol. The number of hydrogen-bond acceptors (Lipinski definition) is 4. The third-order valence-corrected chi connectivity index (χ3v) is 4.10. The van der Waals surface area contributed by atoms with Gasteiger partial charge in [0.2, 0.25) is 5.91 Å².